The number of nitrogens with zero attached hydrogens (tertiary/aromatic N) is 11. The van der Waals surface area contributed by atoms with Crippen LogP contribution in [0.3, 0.4) is 0 Å². The maximum absolute atomic E-state index is 16.0. The van der Waals surface area contributed by atoms with Crippen molar-refractivity contribution < 1.29 is 94.5 Å². The molecule has 5 amide bonds. The molecule has 7 aliphatic rings. The molecule has 6 aliphatic heterocycles. The minimum absolute atomic E-state index is 0.00815. The number of rotatable bonds is 23. The largest absolute Gasteiger partial charge is 0.491 e. The maximum Gasteiger partial charge on any atom is 0.407 e. The molecule has 3 aromatic heterocycles. The molecule has 2 bridgehead atoms. The Kier molecular flexibility index (Phi) is 36.1. The van der Waals surface area contributed by atoms with Crippen molar-refractivity contribution in [1.82, 2.24) is 55.2 Å². The Morgan fingerprint density at radius 1 is 0.705 bits per heavy atom. The number of pyridine rings is 1. The summed E-state index contributed by atoms with van der Waals surface area (Å²) in [6, 6.07) is 10.5. The summed E-state index contributed by atoms with van der Waals surface area (Å²) in [5.74, 6) is -7.21. The van der Waals surface area contributed by atoms with Crippen molar-refractivity contribution in [3.63, 3.8) is 0 Å². The molecule has 6 N–H and O–H groups in total. The number of amides is 5. The van der Waals surface area contributed by atoms with Crippen molar-refractivity contribution in [2.24, 2.45) is 29.6 Å². The zero-order valence-corrected chi connectivity index (χ0v) is 78.3. The van der Waals surface area contributed by atoms with E-state index in [9.17, 15) is 57.0 Å². The molecule has 9 heterocycles. The number of cyclic esters (lactones) is 1. The molecule has 4 saturated heterocycles. The number of fused-ring (bicyclic) bond motifs is 4. The van der Waals surface area contributed by atoms with Gasteiger partial charge in [0, 0.05) is 171 Å². The molecular weight excluding hydrogens is 1720 g/mol. The number of methoxy groups -OCH3 is 2. The molecule has 5 aromatic rings. The second-order valence-corrected chi connectivity index (χ2v) is 38.3. The minimum atomic E-state index is -4.26. The molecule has 2 aromatic carbocycles. The van der Waals surface area contributed by atoms with E-state index in [4.69, 9.17) is 38.9 Å². The van der Waals surface area contributed by atoms with Gasteiger partial charge in [-0.3, -0.25) is 33.7 Å². The third kappa shape index (κ3) is 26.7. The maximum atomic E-state index is 16.0. The summed E-state index contributed by atoms with van der Waals surface area (Å²) >= 11 is 0. The standard InChI is InChI=1S/C97H131FN14O19S/c1-62-15-11-10-12-16-64(3)81(125-8)54-77-26-19-67(6)97(122,131-77)89(116)92(119)112-36-14-13-17-79(112)93(120)129-75(25-18-63(2)52-66(5)87(115)88(126-9)86(114)65(4)51-62)27-20-69-21-28-76(29-22-69)130-96(121)106-57-70-55-102-94(103-56-70)110-43-41-108(42-44-110)84(113)34-47-127-48-45-107-37-39-109(40-38-107)95-104-59-74(60-105-95)90(117)100-35-50-132(123,124)82-32-30-78(68(7)85(82)98)91(118)111-46-49-128-80-31-23-71(53-73(80)61-111)72-24-33-83(99)101-58-72/h10-12,15-16,23-24,30-33,52-53,55-56,58-60,62-63,65,67,69,75-77,79,81,87-88,115,122H,13-14,17-22,25-29,34-51,54,57,61H2,1-9H3,(H2,99,101)(H,100,117)(H,106,121)/b12-10?,15-11+,64-16?,66-52+/t62-,63+,65-,67-,69?,75+,76?,77?,79+,81+,87-,88+,97-/m1/s1. The number of piperidine rings is 1. The lowest BCUT2D eigenvalue weighted by atomic mass is 9.83. The second-order valence-electron chi connectivity index (χ2n) is 36.2. The Labute approximate surface area is 773 Å². The quantitative estimate of drug-likeness (QED) is 0.0176. The van der Waals surface area contributed by atoms with Gasteiger partial charge in [-0.1, -0.05) is 70.2 Å². The summed E-state index contributed by atoms with van der Waals surface area (Å²) in [6.07, 6.45) is 22.8. The number of halogens is 1. The van der Waals surface area contributed by atoms with Crippen LogP contribution in [0.1, 0.15) is 182 Å². The summed E-state index contributed by atoms with van der Waals surface area (Å²) in [5, 5.41) is 29.2. The van der Waals surface area contributed by atoms with Crippen molar-refractivity contribution in [3.05, 3.63) is 155 Å². The number of nitrogen functional groups attached to an aromatic ring is 1. The second kappa shape index (κ2) is 47.4. The molecule has 1 aliphatic carbocycles. The van der Waals surface area contributed by atoms with E-state index in [-0.39, 0.29) is 111 Å². The smallest absolute Gasteiger partial charge is 0.407 e. The fraction of sp³-hybridized carbons (Fsp3) is 0.577. The number of hydrogen-bond acceptors (Lipinski definition) is 28. The Morgan fingerprint density at radius 2 is 1.42 bits per heavy atom. The molecule has 0 spiro atoms. The molecule has 132 heavy (non-hydrogen) atoms. The number of nitrogens with two attached hydrogens (primary N) is 1. The van der Waals surface area contributed by atoms with Crippen LogP contribution in [0.2, 0.25) is 0 Å². The van der Waals surface area contributed by atoms with E-state index >= 15 is 4.39 Å². The third-order valence-electron chi connectivity index (χ3n) is 26.7. The van der Waals surface area contributed by atoms with Crippen LogP contribution in [-0.2, 0) is 75.3 Å². The van der Waals surface area contributed by atoms with Crippen LogP contribution in [0.5, 0.6) is 5.75 Å². The number of aliphatic hydroxyl groups excluding tert-OH is 1. The molecule has 716 valence electrons. The average molecular weight is 1850 g/mol. The van der Waals surface area contributed by atoms with Crippen LogP contribution in [0, 0.1) is 42.3 Å². The van der Waals surface area contributed by atoms with Crippen LogP contribution in [-0.4, -0.2) is 277 Å². The van der Waals surface area contributed by atoms with Crippen LogP contribution in [0.25, 0.3) is 11.1 Å². The summed E-state index contributed by atoms with van der Waals surface area (Å²) < 4.78 is 85.1. The van der Waals surface area contributed by atoms with E-state index in [0.29, 0.717) is 177 Å². The van der Waals surface area contributed by atoms with Crippen molar-refractivity contribution >= 4 is 74.8 Å². The van der Waals surface area contributed by atoms with E-state index in [0.717, 1.165) is 41.2 Å². The SMILES string of the molecule is CO[C@H]1CC2CC[C@@H](C)[C@@](O)(O2)C(=O)C(=O)N2CCCC[C@H]2C(=O)O[C@H](CCC2CCC(OC(=O)NCc3cnc(N4CCN(C(=O)CCOCCN5CCN(c6ncc(C(=O)NCCS(=O)(=O)c7ccc(C(=O)N8CCOc9ccc(-c%10ccc(N)nc%10)cc9C8)c(C)c7F)cn6)CC5)CC4)nc3)CC2)CC[C@H](C)/C=C(\C)[C@@H](O)[C@@H](OC)C(=O)[C@H](C)C[C@H](C)/C=C/C=CC=C1C. The highest BCUT2D eigenvalue weighted by molar-refractivity contribution is 7.91. The number of aliphatic hydroxyl groups is 2. The van der Waals surface area contributed by atoms with Crippen LogP contribution in [0.15, 0.2) is 126 Å². The summed E-state index contributed by atoms with van der Waals surface area (Å²) in [5.41, 5.74) is 10.3. The lowest BCUT2D eigenvalue weighted by Gasteiger charge is -2.42. The van der Waals surface area contributed by atoms with E-state index in [1.54, 1.807) is 45.6 Å². The fourth-order valence-electron chi connectivity index (χ4n) is 18.4. The van der Waals surface area contributed by atoms with Gasteiger partial charge in [0.15, 0.2) is 15.6 Å². The molecule has 0 radical (unpaired) electrons. The number of allylic oxidation sites excluding steroid dienone is 6. The summed E-state index contributed by atoms with van der Waals surface area (Å²) in [6.45, 7) is 19.1. The number of sulfone groups is 1. The molecule has 1 unspecified atom stereocenters. The number of alkyl carbamates (subject to hydrolysis) is 1. The zero-order chi connectivity index (χ0) is 94.3. The molecule has 5 fully saturated rings. The van der Waals surface area contributed by atoms with Crippen LogP contribution >= 0.6 is 0 Å². The number of nitrogens with one attached hydrogen (secondary N) is 2. The summed E-state index contributed by atoms with van der Waals surface area (Å²) in [7, 11) is -1.25. The molecule has 1 saturated carbocycles. The van der Waals surface area contributed by atoms with Crippen LogP contribution < -0.4 is 30.9 Å². The summed E-state index contributed by atoms with van der Waals surface area (Å²) in [4.78, 5) is 144. The number of ether oxygens (including phenoxy) is 7. The topological polar surface area (TPSA) is 410 Å². The number of ketones is 2. The molecule has 12 rings (SSSR count). The van der Waals surface area contributed by atoms with Gasteiger partial charge in [0.2, 0.25) is 23.6 Å². The molecule has 11 atom stereocenters. The lowest BCUT2D eigenvalue weighted by molar-refractivity contribution is -0.265. The minimum Gasteiger partial charge on any atom is -0.491 e. The van der Waals surface area contributed by atoms with Crippen molar-refractivity contribution in [2.75, 3.05) is 134 Å². The van der Waals surface area contributed by atoms with E-state index in [2.05, 4.69) is 40.5 Å². The van der Waals surface area contributed by atoms with Gasteiger partial charge in [0.05, 0.1) is 49.7 Å². The van der Waals surface area contributed by atoms with Crippen molar-refractivity contribution in [1.29, 1.82) is 0 Å². The number of hydrogen-bond donors (Lipinski definition) is 5. The first-order valence-electron chi connectivity index (χ1n) is 46.5. The highest BCUT2D eigenvalue weighted by atomic mass is 32.2. The number of Topliss-reactive ketones (excluding diaryl/α,β-unsaturated/α-hetero) is 2. The number of carbonyl (C=O) groups excluding carboxylic acids is 8. The number of aromatic nitrogens is 5. The number of anilines is 3. The number of benzene rings is 2. The van der Waals surface area contributed by atoms with Gasteiger partial charge >= 0.3 is 12.1 Å². The van der Waals surface area contributed by atoms with Gasteiger partial charge in [-0.2, -0.15) is 0 Å². The van der Waals surface area contributed by atoms with Gasteiger partial charge in [-0.25, -0.2) is 47.3 Å². The van der Waals surface area contributed by atoms with E-state index < -0.39 is 116 Å². The number of esters is 1. The Balaban J connectivity index is 0.531. The first-order valence-corrected chi connectivity index (χ1v) is 48.2. The van der Waals surface area contributed by atoms with Crippen molar-refractivity contribution in [3.8, 4) is 16.9 Å². The first kappa shape index (κ1) is 100. The van der Waals surface area contributed by atoms with Gasteiger partial charge in [0.1, 0.15) is 59.3 Å². The third-order valence-corrected chi connectivity index (χ3v) is 28.4. The Bertz CT molecular complexity index is 5040. The lowest BCUT2D eigenvalue weighted by Crippen LogP contribution is -2.60. The highest BCUT2D eigenvalue weighted by Gasteiger charge is 2.53. The monoisotopic (exact) mass is 1850 g/mol. The van der Waals surface area contributed by atoms with E-state index in [1.165, 1.54) is 42.3 Å². The normalized spacial score (nSPS) is 26.4. The predicted molar refractivity (Wildman–Crippen MR) is 492 cm³/mol. The van der Waals surface area contributed by atoms with Gasteiger partial charge in [0.25, 0.3) is 23.5 Å². The zero-order valence-electron chi connectivity index (χ0n) is 77.5. The van der Waals surface area contributed by atoms with E-state index in [1.807, 2.05) is 103 Å². The van der Waals surface area contributed by atoms with Crippen LogP contribution in [0.4, 0.5) is 26.9 Å². The van der Waals surface area contributed by atoms with Gasteiger partial charge in [-0.05, 0) is 187 Å². The van der Waals surface area contributed by atoms with Gasteiger partial charge in [-0.15, -0.1) is 0 Å². The predicted octanol–water partition coefficient (Wildman–Crippen LogP) is 9.85. The molecule has 33 nitrogen and oxygen atoms in total. The average Bonchev–Trinajstić information content (AvgIpc) is 0.836. The number of piperazine rings is 2. The molecule has 35 heteroatoms. The highest BCUT2D eigenvalue weighted by Crippen LogP contribution is 2.39. The van der Waals surface area contributed by atoms with Gasteiger partial charge < -0.3 is 84.2 Å². The number of carbonyl (C=O) groups is 8. The molecular formula is C97H131FN14O19S. The Hall–Kier alpha value is -10.5. The first-order chi connectivity index (χ1) is 63.4. The Morgan fingerprint density at radius 3 is 2.12 bits per heavy atom. The van der Waals surface area contributed by atoms with Crippen molar-refractivity contribution in [2.45, 2.75) is 218 Å². The fourth-order valence-corrected chi connectivity index (χ4v) is 19.7.